The van der Waals surface area contributed by atoms with Crippen molar-refractivity contribution >= 4 is 17.7 Å². The number of amides is 3. The topological polar surface area (TPSA) is 111 Å². The number of hydrogen-bond acceptors (Lipinski definition) is 5. The summed E-state index contributed by atoms with van der Waals surface area (Å²) in [7, 11) is 1.76. The molecule has 3 amide bonds. The zero-order chi connectivity index (χ0) is 17.8. The van der Waals surface area contributed by atoms with Crippen LogP contribution in [-0.2, 0) is 14.4 Å². The lowest BCUT2D eigenvalue weighted by atomic mass is 9.52. The van der Waals surface area contributed by atoms with Crippen LogP contribution in [-0.4, -0.2) is 36.3 Å². The number of imide groups is 1. The molecular formula is C18H24N4O3. The van der Waals surface area contributed by atoms with E-state index in [1.807, 2.05) is 0 Å². The third kappa shape index (κ3) is 2.54. The van der Waals surface area contributed by atoms with Gasteiger partial charge in [0.05, 0.1) is 23.9 Å². The Bertz CT molecular complexity index is 668. The molecular weight excluding hydrogens is 320 g/mol. The van der Waals surface area contributed by atoms with Crippen LogP contribution in [0.2, 0.25) is 0 Å². The average molecular weight is 344 g/mol. The van der Waals surface area contributed by atoms with E-state index in [2.05, 4.69) is 22.0 Å². The second-order valence-electron chi connectivity index (χ2n) is 8.15. The van der Waals surface area contributed by atoms with Crippen molar-refractivity contribution in [2.24, 2.45) is 29.6 Å². The molecule has 1 heterocycles. The summed E-state index contributed by atoms with van der Waals surface area (Å²) in [5.41, 5.74) is -1.04. The predicted octanol–water partition coefficient (Wildman–Crippen LogP) is 0.0718. The van der Waals surface area contributed by atoms with Gasteiger partial charge >= 0.3 is 0 Å². The molecule has 3 N–H and O–H groups in total. The van der Waals surface area contributed by atoms with Gasteiger partial charge in [0.2, 0.25) is 17.7 Å². The highest BCUT2D eigenvalue weighted by atomic mass is 16.2. The zero-order valence-electron chi connectivity index (χ0n) is 14.4. The average Bonchev–Trinajstić information content (AvgIpc) is 3.37. The summed E-state index contributed by atoms with van der Waals surface area (Å²) in [5, 5.41) is 18.4. The van der Waals surface area contributed by atoms with Gasteiger partial charge in [-0.3, -0.25) is 19.7 Å². The maximum Gasteiger partial charge on any atom is 0.238 e. The molecule has 4 aliphatic carbocycles. The van der Waals surface area contributed by atoms with Crippen LogP contribution in [0.25, 0.3) is 0 Å². The SMILES string of the molecule is CN[C@@H](CC1CC1)C(=O)N[C@]1(C#N)C[C@@H]2CC[C@H]1[C@@H]1C(=O)NC(=O)[C@H]21. The van der Waals surface area contributed by atoms with E-state index in [0.717, 1.165) is 25.7 Å². The first-order valence-electron chi connectivity index (χ1n) is 9.24. The first-order valence-corrected chi connectivity index (χ1v) is 9.24. The fourth-order valence-electron chi connectivity index (χ4n) is 5.30. The number of carbonyl (C=O) groups is 3. The standard InChI is InChI=1S/C18H24N4O3/c1-20-12(6-9-2-3-9)15(23)22-18(8-19)7-10-4-5-11(18)14-13(10)16(24)21-17(14)25/h9-14,20H,2-7H2,1H3,(H,22,23)(H,21,24,25)/t10-,11-,12-,13+,14-,18-/m0/s1. The van der Waals surface area contributed by atoms with Crippen molar-refractivity contribution in [2.45, 2.75) is 50.1 Å². The summed E-state index contributed by atoms with van der Waals surface area (Å²) in [6, 6.07) is 2.01. The van der Waals surface area contributed by atoms with E-state index in [0.29, 0.717) is 18.8 Å². The Labute approximate surface area is 146 Å². The van der Waals surface area contributed by atoms with E-state index in [9.17, 15) is 19.6 Å². The quantitative estimate of drug-likeness (QED) is 0.611. The number of rotatable bonds is 5. The Morgan fingerprint density at radius 2 is 2.00 bits per heavy atom. The van der Waals surface area contributed by atoms with Crippen molar-refractivity contribution in [2.75, 3.05) is 7.05 Å². The second kappa shape index (κ2) is 5.80. The molecule has 134 valence electrons. The Hall–Kier alpha value is -1.94. The summed E-state index contributed by atoms with van der Waals surface area (Å²) >= 11 is 0. The minimum absolute atomic E-state index is 0.0159. The van der Waals surface area contributed by atoms with Crippen molar-refractivity contribution < 1.29 is 14.4 Å². The predicted molar refractivity (Wildman–Crippen MR) is 87.6 cm³/mol. The fourth-order valence-corrected chi connectivity index (χ4v) is 5.30. The smallest absolute Gasteiger partial charge is 0.238 e. The van der Waals surface area contributed by atoms with E-state index < -0.39 is 11.5 Å². The molecule has 0 spiro atoms. The molecule has 6 atom stereocenters. The lowest BCUT2D eigenvalue weighted by molar-refractivity contribution is -0.137. The molecule has 25 heavy (non-hydrogen) atoms. The van der Waals surface area contributed by atoms with Crippen LogP contribution >= 0.6 is 0 Å². The number of hydrogen-bond donors (Lipinski definition) is 3. The molecule has 7 heteroatoms. The Morgan fingerprint density at radius 3 is 2.64 bits per heavy atom. The molecule has 1 aliphatic heterocycles. The van der Waals surface area contributed by atoms with Gasteiger partial charge in [-0.1, -0.05) is 12.8 Å². The third-order valence-electron chi connectivity index (χ3n) is 6.72. The number of likely N-dealkylation sites (N-methyl/N-ethyl adjacent to an activating group) is 1. The minimum atomic E-state index is -1.04. The summed E-state index contributed by atoms with van der Waals surface area (Å²) in [6.45, 7) is 0. The number of nitrogens with one attached hydrogen (secondary N) is 3. The monoisotopic (exact) mass is 344 g/mol. The van der Waals surface area contributed by atoms with Gasteiger partial charge in [-0.15, -0.1) is 0 Å². The van der Waals surface area contributed by atoms with E-state index in [-0.39, 0.29) is 41.5 Å². The Balaban J connectivity index is 1.57. The van der Waals surface area contributed by atoms with Gasteiger partial charge in [-0.2, -0.15) is 5.26 Å². The molecule has 5 aliphatic rings. The maximum atomic E-state index is 12.8. The van der Waals surface area contributed by atoms with Gasteiger partial charge in [0.15, 0.2) is 0 Å². The van der Waals surface area contributed by atoms with Crippen molar-refractivity contribution in [3.63, 3.8) is 0 Å². The molecule has 0 aromatic heterocycles. The van der Waals surface area contributed by atoms with Gasteiger partial charge < -0.3 is 10.6 Å². The first-order chi connectivity index (χ1) is 12.0. The van der Waals surface area contributed by atoms with Crippen molar-refractivity contribution in [1.29, 1.82) is 5.26 Å². The summed E-state index contributed by atoms with van der Waals surface area (Å²) in [6.07, 6.45) is 5.10. The highest BCUT2D eigenvalue weighted by Crippen LogP contribution is 2.55. The first kappa shape index (κ1) is 16.5. The van der Waals surface area contributed by atoms with E-state index >= 15 is 0 Å². The van der Waals surface area contributed by atoms with Gasteiger partial charge in [-0.05, 0) is 44.6 Å². The summed E-state index contributed by atoms with van der Waals surface area (Å²) in [5.74, 6) is -1.16. The maximum absolute atomic E-state index is 12.8. The molecule has 7 nitrogen and oxygen atoms in total. The molecule has 4 saturated carbocycles. The molecule has 5 fully saturated rings. The van der Waals surface area contributed by atoms with E-state index in [1.165, 1.54) is 0 Å². The minimum Gasteiger partial charge on any atom is -0.336 e. The number of carbonyl (C=O) groups excluding carboxylic acids is 3. The normalized spacial score (nSPS) is 40.2. The third-order valence-corrected chi connectivity index (χ3v) is 6.72. The van der Waals surface area contributed by atoms with Gasteiger partial charge in [0.1, 0.15) is 5.54 Å². The molecule has 2 bridgehead atoms. The Kier molecular flexibility index (Phi) is 3.84. The van der Waals surface area contributed by atoms with Crippen molar-refractivity contribution in [3.8, 4) is 6.07 Å². The van der Waals surface area contributed by atoms with Gasteiger partial charge in [-0.25, -0.2) is 0 Å². The van der Waals surface area contributed by atoms with Crippen LogP contribution in [0.4, 0.5) is 0 Å². The van der Waals surface area contributed by atoms with Crippen molar-refractivity contribution in [3.05, 3.63) is 0 Å². The van der Waals surface area contributed by atoms with E-state index in [1.54, 1.807) is 7.05 Å². The fraction of sp³-hybridized carbons (Fsp3) is 0.778. The van der Waals surface area contributed by atoms with Crippen LogP contribution in [0.15, 0.2) is 0 Å². The van der Waals surface area contributed by atoms with Gasteiger partial charge in [0, 0.05) is 5.92 Å². The molecule has 1 saturated heterocycles. The highest BCUT2D eigenvalue weighted by Gasteiger charge is 2.64. The number of nitriles is 1. The van der Waals surface area contributed by atoms with Crippen LogP contribution in [0.1, 0.15) is 38.5 Å². The number of nitrogens with zero attached hydrogens (tertiary/aromatic N) is 1. The largest absolute Gasteiger partial charge is 0.336 e. The van der Waals surface area contributed by atoms with Crippen LogP contribution in [0.3, 0.4) is 0 Å². The van der Waals surface area contributed by atoms with Crippen LogP contribution in [0, 0.1) is 40.9 Å². The van der Waals surface area contributed by atoms with Gasteiger partial charge in [0.25, 0.3) is 0 Å². The summed E-state index contributed by atoms with van der Waals surface area (Å²) in [4.78, 5) is 37.2. The number of fused-ring (bicyclic) bond motifs is 2. The lowest BCUT2D eigenvalue weighted by Crippen LogP contribution is -2.65. The van der Waals surface area contributed by atoms with E-state index in [4.69, 9.17) is 0 Å². The van der Waals surface area contributed by atoms with Crippen LogP contribution in [0.5, 0.6) is 0 Å². The summed E-state index contributed by atoms with van der Waals surface area (Å²) < 4.78 is 0. The molecule has 0 aromatic carbocycles. The van der Waals surface area contributed by atoms with Crippen molar-refractivity contribution in [1.82, 2.24) is 16.0 Å². The Morgan fingerprint density at radius 1 is 1.28 bits per heavy atom. The zero-order valence-corrected chi connectivity index (χ0v) is 14.4. The second-order valence-corrected chi connectivity index (χ2v) is 8.15. The molecule has 0 aromatic rings. The van der Waals surface area contributed by atoms with Crippen LogP contribution < -0.4 is 16.0 Å². The molecule has 0 radical (unpaired) electrons. The molecule has 5 rings (SSSR count). The lowest BCUT2D eigenvalue weighted by Gasteiger charge is -2.52. The highest BCUT2D eigenvalue weighted by molar-refractivity contribution is 6.06. The molecule has 0 unspecified atom stereocenters.